The van der Waals surface area contributed by atoms with E-state index in [-0.39, 0.29) is 0 Å². The van der Waals surface area contributed by atoms with Gasteiger partial charge in [0.2, 0.25) is 0 Å². The highest BCUT2D eigenvalue weighted by Crippen LogP contribution is 2.51. The zero-order chi connectivity index (χ0) is 46.5. The largest absolute Gasteiger partial charge is 0.310 e. The lowest BCUT2D eigenvalue weighted by Crippen LogP contribution is -2.37. The summed E-state index contributed by atoms with van der Waals surface area (Å²) in [6, 6.07) is 49.0. The molecule has 8 aromatic rings. The zero-order valence-corrected chi connectivity index (χ0v) is 46.1. The molecule has 8 aromatic carbocycles. The van der Waals surface area contributed by atoms with E-state index in [0.29, 0.717) is 0 Å². The molecule has 2 nitrogen and oxygen atoms in total. The molecule has 0 atom stereocenters. The number of rotatable bonds is 10. The van der Waals surface area contributed by atoms with E-state index in [1.165, 1.54) is 113 Å². The van der Waals surface area contributed by atoms with Gasteiger partial charge in [0.15, 0.2) is 0 Å². The molecule has 0 N–H and O–H groups in total. The molecule has 0 spiro atoms. The summed E-state index contributed by atoms with van der Waals surface area (Å²) in [5, 5.41) is 15.0. The number of hydrogen-bond donors (Lipinski definition) is 0. The molecule has 0 aliphatic heterocycles. The Morgan fingerprint density at radius 1 is 0.273 bits per heavy atom. The van der Waals surface area contributed by atoms with Crippen molar-refractivity contribution in [3.05, 3.63) is 144 Å². The lowest BCUT2D eigenvalue weighted by molar-refractivity contribution is 0.692. The summed E-state index contributed by atoms with van der Waals surface area (Å²) in [5.74, 6) is 0. The smallest absolute Gasteiger partial charge is 0.0775 e. The van der Waals surface area contributed by atoms with Gasteiger partial charge in [0, 0.05) is 34.1 Å². The summed E-state index contributed by atoms with van der Waals surface area (Å²) < 4.78 is 0. The van der Waals surface area contributed by atoms with Gasteiger partial charge in [-0.2, -0.15) is 0 Å². The number of fused-ring (bicyclic) bond motifs is 6. The van der Waals surface area contributed by atoms with Gasteiger partial charge in [-0.15, -0.1) is 0 Å². The molecule has 0 saturated heterocycles. The first-order chi connectivity index (χ1) is 31.3. The van der Waals surface area contributed by atoms with Gasteiger partial charge in [-0.1, -0.05) is 148 Å². The summed E-state index contributed by atoms with van der Waals surface area (Å²) in [6.45, 7) is 29.5. The zero-order valence-electron chi connectivity index (χ0n) is 42.1. The predicted molar refractivity (Wildman–Crippen MR) is 305 cm³/mol. The van der Waals surface area contributed by atoms with Crippen LogP contribution in [0.3, 0.4) is 0 Å². The summed E-state index contributed by atoms with van der Waals surface area (Å²) in [7, 11) is -5.90. The summed E-state index contributed by atoms with van der Waals surface area (Å²) >= 11 is 0. The molecule has 0 heterocycles. The van der Waals surface area contributed by atoms with Crippen molar-refractivity contribution in [1.29, 1.82) is 0 Å². The van der Waals surface area contributed by atoms with Crippen LogP contribution in [0.5, 0.6) is 0 Å². The fraction of sp³-hybridized carbons (Fsp3) is 0.333. The van der Waals surface area contributed by atoms with E-state index in [1.807, 2.05) is 0 Å². The van der Waals surface area contributed by atoms with Gasteiger partial charge in [0.05, 0.1) is 32.3 Å². The van der Waals surface area contributed by atoms with Crippen molar-refractivity contribution in [2.45, 2.75) is 130 Å². The fourth-order valence-electron chi connectivity index (χ4n) is 11.3. The number of nitrogens with zero attached hydrogens (tertiary/aromatic N) is 2. The molecule has 0 fully saturated rings. The van der Waals surface area contributed by atoms with Crippen LogP contribution in [-0.2, 0) is 25.7 Å². The van der Waals surface area contributed by atoms with E-state index in [4.69, 9.17) is 0 Å². The lowest BCUT2D eigenvalue weighted by Gasteiger charge is -2.33. The average Bonchev–Trinajstić information content (AvgIpc) is 3.28. The van der Waals surface area contributed by atoms with Crippen molar-refractivity contribution >= 4 is 119 Å². The molecule has 338 valence electrons. The lowest BCUT2D eigenvalue weighted by atomic mass is 9.76. The Labute approximate surface area is 400 Å². The molecule has 10 rings (SSSR count). The van der Waals surface area contributed by atoms with Gasteiger partial charge in [-0.3, -0.25) is 0 Å². The number of hydrogen-bond acceptors (Lipinski definition) is 2. The van der Waals surface area contributed by atoms with E-state index >= 15 is 0 Å². The maximum Gasteiger partial charge on any atom is 0.0775 e. The predicted octanol–water partition coefficient (Wildman–Crippen LogP) is 15.5. The first-order valence-corrected chi connectivity index (χ1v) is 39.1. The van der Waals surface area contributed by atoms with E-state index < -0.39 is 32.3 Å². The van der Waals surface area contributed by atoms with E-state index in [2.05, 4.69) is 210 Å². The summed E-state index contributed by atoms with van der Waals surface area (Å²) in [6.07, 6.45) is 9.49. The third-order valence-electron chi connectivity index (χ3n) is 15.2. The molecular formula is C60H72N2Si4. The highest BCUT2D eigenvalue weighted by molar-refractivity contribution is 6.90. The van der Waals surface area contributed by atoms with Crippen LogP contribution in [0.2, 0.25) is 78.6 Å². The van der Waals surface area contributed by atoms with Crippen LogP contribution in [0.4, 0.5) is 34.1 Å². The van der Waals surface area contributed by atoms with Gasteiger partial charge < -0.3 is 9.80 Å². The monoisotopic (exact) mass is 932 g/mol. The number of benzene rings is 8. The number of aryl methyl sites for hydroxylation is 4. The van der Waals surface area contributed by atoms with Crippen LogP contribution in [0.1, 0.15) is 47.9 Å². The minimum absolute atomic E-state index is 1.13. The normalized spacial score (nSPS) is 14.8. The molecule has 0 saturated carbocycles. The highest BCUT2D eigenvalue weighted by atomic mass is 28.3. The number of anilines is 6. The van der Waals surface area contributed by atoms with Gasteiger partial charge in [0.1, 0.15) is 0 Å². The molecule has 0 radical (unpaired) electrons. The molecule has 2 aliphatic rings. The van der Waals surface area contributed by atoms with Crippen LogP contribution < -0.4 is 30.5 Å². The fourth-order valence-corrected chi connectivity index (χ4v) is 16.0. The molecule has 66 heavy (non-hydrogen) atoms. The Kier molecular flexibility index (Phi) is 11.3. The second-order valence-corrected chi connectivity index (χ2v) is 44.3. The molecular weight excluding hydrogens is 861 g/mol. The first-order valence-electron chi connectivity index (χ1n) is 25.1. The van der Waals surface area contributed by atoms with E-state index in [1.54, 1.807) is 22.3 Å². The Morgan fingerprint density at radius 2 is 0.470 bits per heavy atom. The topological polar surface area (TPSA) is 6.48 Å². The highest BCUT2D eigenvalue weighted by Gasteiger charge is 2.30. The molecule has 0 unspecified atom stereocenters. The van der Waals surface area contributed by atoms with Gasteiger partial charge in [-0.05, 0) is 179 Å². The van der Waals surface area contributed by atoms with Crippen molar-refractivity contribution in [2.75, 3.05) is 9.80 Å². The third-order valence-corrected chi connectivity index (χ3v) is 23.5. The Hall–Kier alpha value is -4.73. The minimum Gasteiger partial charge on any atom is -0.310 e. The second kappa shape index (κ2) is 16.5. The Morgan fingerprint density at radius 3 is 0.652 bits per heavy atom. The molecule has 2 aliphatic carbocycles. The maximum atomic E-state index is 2.61. The Bertz CT molecular complexity index is 2670. The van der Waals surface area contributed by atoms with Gasteiger partial charge >= 0.3 is 0 Å². The second-order valence-electron chi connectivity index (χ2n) is 24.0. The molecule has 0 bridgehead atoms. The summed E-state index contributed by atoms with van der Waals surface area (Å²) in [5.41, 5.74) is 13.9. The first kappa shape index (κ1) is 45.1. The standard InChI is InChI=1S/C60H72N2Si4/c1-63(2,3)47-29-21-41(22-30-47)61(42-23-31-48(32-24-42)64(4,5)6)45-37-55-51-17-13-15-19-53(51)57-39-46(40-58-54-20-16-14-18-52(54)56(38-45)59(55)60(57)58)62(43-25-33-49(34-26-43)65(7,8)9)44-27-35-50(36-28-44)66(10,11)12/h21-40H,13-20H2,1-12H3. The van der Waals surface area contributed by atoms with Crippen LogP contribution in [0, 0.1) is 0 Å². The Balaban J connectivity index is 1.24. The third kappa shape index (κ3) is 8.14. The van der Waals surface area contributed by atoms with Crippen molar-refractivity contribution in [1.82, 2.24) is 0 Å². The molecule has 0 aromatic heterocycles. The van der Waals surface area contributed by atoms with Crippen LogP contribution in [0.15, 0.2) is 121 Å². The SMILES string of the molecule is C[Si](C)(C)c1ccc(N(c2ccc([Si](C)(C)C)cc2)c2cc3c4c(c5cc(N(c6ccc([Si](C)(C)C)cc6)c6ccc([Si](C)(C)C)cc6)cc6c7c(c(c2)c3c56)CCCC7)CCCC4)cc1. The van der Waals surface area contributed by atoms with Crippen molar-refractivity contribution < 1.29 is 0 Å². The van der Waals surface area contributed by atoms with Crippen LogP contribution in [0.25, 0.3) is 32.3 Å². The van der Waals surface area contributed by atoms with E-state index in [0.717, 1.165) is 25.7 Å². The average molecular weight is 934 g/mol. The van der Waals surface area contributed by atoms with Gasteiger partial charge in [0.25, 0.3) is 0 Å². The molecule has 0 amide bonds. The van der Waals surface area contributed by atoms with Crippen LogP contribution in [-0.4, -0.2) is 32.3 Å². The maximum absolute atomic E-state index is 2.61. The molecule has 6 heteroatoms. The minimum atomic E-state index is -1.47. The van der Waals surface area contributed by atoms with Crippen molar-refractivity contribution in [3.63, 3.8) is 0 Å². The van der Waals surface area contributed by atoms with Crippen molar-refractivity contribution in [2.24, 2.45) is 0 Å². The van der Waals surface area contributed by atoms with Gasteiger partial charge in [-0.25, -0.2) is 0 Å². The van der Waals surface area contributed by atoms with E-state index in [9.17, 15) is 0 Å². The quantitative estimate of drug-likeness (QED) is 0.0996. The summed E-state index contributed by atoms with van der Waals surface area (Å²) in [4.78, 5) is 5.16. The van der Waals surface area contributed by atoms with Crippen LogP contribution >= 0.6 is 0 Å². The van der Waals surface area contributed by atoms with Crippen molar-refractivity contribution in [3.8, 4) is 0 Å².